The highest BCUT2D eigenvalue weighted by Gasteiger charge is 2.30. The lowest BCUT2D eigenvalue weighted by atomic mass is 10.1. The van der Waals surface area contributed by atoms with Gasteiger partial charge in [0.1, 0.15) is 0 Å². The zero-order valence-corrected chi connectivity index (χ0v) is 13.2. The molecule has 1 saturated heterocycles. The molecule has 1 heterocycles. The van der Waals surface area contributed by atoms with Crippen LogP contribution >= 0.6 is 12.4 Å². The van der Waals surface area contributed by atoms with Gasteiger partial charge in [-0.25, -0.2) is 0 Å². The van der Waals surface area contributed by atoms with Crippen molar-refractivity contribution in [2.75, 3.05) is 26.8 Å². The van der Waals surface area contributed by atoms with E-state index in [1.165, 1.54) is 0 Å². The smallest absolute Gasteiger partial charge is 0.308 e. The summed E-state index contributed by atoms with van der Waals surface area (Å²) in [5.74, 6) is -0.136. The van der Waals surface area contributed by atoms with Gasteiger partial charge in [0, 0.05) is 13.1 Å². The number of halogens is 1. The average molecular weight is 330 g/mol. The van der Waals surface area contributed by atoms with Crippen LogP contribution in [0.4, 0.5) is 0 Å². The Hall–Kier alpha value is -1.95. The number of para-hydroxylation sites is 2. The Kier molecular flexibility index (Phi) is 6.98. The predicted molar refractivity (Wildman–Crippen MR) is 82.7 cm³/mol. The van der Waals surface area contributed by atoms with Crippen molar-refractivity contribution in [2.24, 2.45) is 5.92 Å². The maximum atomic E-state index is 12.0. The quantitative estimate of drug-likeness (QED) is 0.861. The number of carbonyl (C=O) groups is 2. The number of nitrogens with zero attached hydrogens (tertiary/aromatic N) is 1. The lowest BCUT2D eigenvalue weighted by Gasteiger charge is -2.16. The van der Waals surface area contributed by atoms with E-state index in [0.717, 1.165) is 0 Å². The largest absolute Gasteiger partial charge is 0.493 e. The summed E-state index contributed by atoms with van der Waals surface area (Å²) in [6.45, 7) is 1.04. The molecule has 1 unspecified atom stereocenters. The van der Waals surface area contributed by atoms with Gasteiger partial charge in [-0.2, -0.15) is 0 Å². The maximum absolute atomic E-state index is 12.0. The number of hydrogen-bond donors (Lipinski definition) is 1. The van der Waals surface area contributed by atoms with Crippen molar-refractivity contribution in [2.45, 2.75) is 12.8 Å². The van der Waals surface area contributed by atoms with Crippen LogP contribution in [0.3, 0.4) is 0 Å². The van der Waals surface area contributed by atoms with Crippen LogP contribution in [0.2, 0.25) is 0 Å². The van der Waals surface area contributed by atoms with E-state index in [-0.39, 0.29) is 31.3 Å². The third kappa shape index (κ3) is 4.53. The minimum Gasteiger partial charge on any atom is -0.493 e. The monoisotopic (exact) mass is 329 g/mol. The molecule has 0 aromatic heterocycles. The van der Waals surface area contributed by atoms with E-state index in [2.05, 4.69) is 0 Å². The molecule has 2 rings (SSSR count). The van der Waals surface area contributed by atoms with Gasteiger partial charge in [0.15, 0.2) is 11.5 Å². The van der Waals surface area contributed by atoms with Gasteiger partial charge in [-0.3, -0.25) is 9.59 Å². The third-order valence-electron chi connectivity index (χ3n) is 3.53. The molecular formula is C15H20ClNO5. The first-order valence-corrected chi connectivity index (χ1v) is 6.88. The van der Waals surface area contributed by atoms with Crippen molar-refractivity contribution < 1.29 is 24.2 Å². The number of methoxy groups -OCH3 is 1. The van der Waals surface area contributed by atoms with Gasteiger partial charge >= 0.3 is 5.97 Å². The number of likely N-dealkylation sites (tertiary alicyclic amines) is 1. The first-order chi connectivity index (χ1) is 10.1. The normalized spacial score (nSPS) is 16.8. The molecule has 0 saturated carbocycles. The number of carbonyl (C=O) groups excluding carboxylic acids is 1. The van der Waals surface area contributed by atoms with E-state index in [0.29, 0.717) is 31.0 Å². The molecule has 1 amide bonds. The van der Waals surface area contributed by atoms with E-state index in [4.69, 9.17) is 14.6 Å². The van der Waals surface area contributed by atoms with Crippen LogP contribution in [0.15, 0.2) is 24.3 Å². The molecule has 1 aliphatic rings. The Balaban J connectivity index is 0.00000242. The predicted octanol–water partition coefficient (Wildman–Crippen LogP) is 1.82. The first-order valence-electron chi connectivity index (χ1n) is 6.88. The minimum absolute atomic E-state index is 0. The van der Waals surface area contributed by atoms with Gasteiger partial charge in [0.2, 0.25) is 5.91 Å². The fraction of sp³-hybridized carbons (Fsp3) is 0.467. The zero-order valence-electron chi connectivity index (χ0n) is 12.4. The first kappa shape index (κ1) is 18.1. The van der Waals surface area contributed by atoms with Crippen LogP contribution in [0.1, 0.15) is 12.8 Å². The molecule has 0 bridgehead atoms. The Bertz CT molecular complexity index is 522. The molecule has 6 nitrogen and oxygen atoms in total. The number of amides is 1. The number of ether oxygens (including phenoxy) is 2. The second kappa shape index (κ2) is 8.48. The fourth-order valence-electron chi connectivity index (χ4n) is 2.33. The molecule has 0 radical (unpaired) electrons. The third-order valence-corrected chi connectivity index (χ3v) is 3.53. The second-order valence-corrected chi connectivity index (χ2v) is 4.91. The molecule has 1 aromatic carbocycles. The van der Waals surface area contributed by atoms with E-state index in [1.807, 2.05) is 12.1 Å². The molecule has 1 N–H and O–H groups in total. The highest BCUT2D eigenvalue weighted by Crippen LogP contribution is 2.26. The Morgan fingerprint density at radius 3 is 2.59 bits per heavy atom. The number of aliphatic carboxylic acids is 1. The topological polar surface area (TPSA) is 76.1 Å². The molecule has 1 atom stereocenters. The Morgan fingerprint density at radius 1 is 1.32 bits per heavy atom. The van der Waals surface area contributed by atoms with Gasteiger partial charge in [0.05, 0.1) is 26.1 Å². The van der Waals surface area contributed by atoms with Crippen LogP contribution in [-0.2, 0) is 9.59 Å². The van der Waals surface area contributed by atoms with Crippen molar-refractivity contribution in [3.8, 4) is 11.5 Å². The SMILES string of the molecule is COc1ccccc1OCCC(=O)N1CCC(C(=O)O)C1.Cl. The number of rotatable bonds is 6. The summed E-state index contributed by atoms with van der Waals surface area (Å²) >= 11 is 0. The summed E-state index contributed by atoms with van der Waals surface area (Å²) in [5.41, 5.74) is 0. The van der Waals surface area contributed by atoms with Gasteiger partial charge in [-0.1, -0.05) is 12.1 Å². The molecule has 122 valence electrons. The van der Waals surface area contributed by atoms with E-state index < -0.39 is 11.9 Å². The molecule has 22 heavy (non-hydrogen) atoms. The summed E-state index contributed by atoms with van der Waals surface area (Å²) in [5, 5.41) is 8.92. The number of benzene rings is 1. The lowest BCUT2D eigenvalue weighted by Crippen LogP contribution is -2.30. The highest BCUT2D eigenvalue weighted by molar-refractivity contribution is 5.85. The number of carboxylic acid groups (broad SMARTS) is 1. The minimum atomic E-state index is -0.837. The van der Waals surface area contributed by atoms with Crippen molar-refractivity contribution >= 4 is 24.3 Å². The standard InChI is InChI=1S/C15H19NO5.ClH/c1-20-12-4-2-3-5-13(12)21-9-7-14(17)16-8-6-11(10-16)15(18)19;/h2-5,11H,6-10H2,1H3,(H,18,19);1H. The number of hydrogen-bond acceptors (Lipinski definition) is 4. The fourth-order valence-corrected chi connectivity index (χ4v) is 2.33. The zero-order chi connectivity index (χ0) is 15.2. The summed E-state index contributed by atoms with van der Waals surface area (Å²) < 4.78 is 10.7. The van der Waals surface area contributed by atoms with E-state index >= 15 is 0 Å². The van der Waals surface area contributed by atoms with Crippen LogP contribution in [0.5, 0.6) is 11.5 Å². The van der Waals surface area contributed by atoms with Gasteiger partial charge < -0.3 is 19.5 Å². The van der Waals surface area contributed by atoms with Gasteiger partial charge in [-0.15, -0.1) is 12.4 Å². The summed E-state index contributed by atoms with van der Waals surface area (Å²) in [6, 6.07) is 7.24. The van der Waals surface area contributed by atoms with Crippen molar-refractivity contribution in [1.82, 2.24) is 4.90 Å². The van der Waals surface area contributed by atoms with E-state index in [9.17, 15) is 9.59 Å². The van der Waals surface area contributed by atoms with Gasteiger partial charge in [0.25, 0.3) is 0 Å². The molecule has 1 aromatic rings. The van der Waals surface area contributed by atoms with Crippen LogP contribution in [0.25, 0.3) is 0 Å². The molecule has 1 aliphatic heterocycles. The molecule has 7 heteroatoms. The second-order valence-electron chi connectivity index (χ2n) is 4.91. The van der Waals surface area contributed by atoms with Crippen LogP contribution < -0.4 is 9.47 Å². The van der Waals surface area contributed by atoms with Gasteiger partial charge in [-0.05, 0) is 18.6 Å². The summed E-state index contributed by atoms with van der Waals surface area (Å²) in [4.78, 5) is 24.4. The molecule has 1 fully saturated rings. The summed E-state index contributed by atoms with van der Waals surface area (Å²) in [6.07, 6.45) is 0.749. The molecule has 0 spiro atoms. The van der Waals surface area contributed by atoms with Crippen molar-refractivity contribution in [3.63, 3.8) is 0 Å². The maximum Gasteiger partial charge on any atom is 0.308 e. The van der Waals surface area contributed by atoms with Crippen LogP contribution in [-0.4, -0.2) is 48.7 Å². The van der Waals surface area contributed by atoms with Crippen LogP contribution in [0, 0.1) is 5.92 Å². The summed E-state index contributed by atoms with van der Waals surface area (Å²) in [7, 11) is 1.56. The molecule has 0 aliphatic carbocycles. The average Bonchev–Trinajstić information content (AvgIpc) is 2.98. The van der Waals surface area contributed by atoms with Crippen molar-refractivity contribution in [3.05, 3.63) is 24.3 Å². The Morgan fingerprint density at radius 2 is 2.00 bits per heavy atom. The van der Waals surface area contributed by atoms with Crippen molar-refractivity contribution in [1.29, 1.82) is 0 Å². The Labute approximate surface area is 135 Å². The lowest BCUT2D eigenvalue weighted by molar-refractivity contribution is -0.141. The number of carboxylic acids is 1. The van der Waals surface area contributed by atoms with E-state index in [1.54, 1.807) is 24.1 Å². The highest BCUT2D eigenvalue weighted by atomic mass is 35.5. The molecular weight excluding hydrogens is 310 g/mol.